The van der Waals surface area contributed by atoms with E-state index in [4.69, 9.17) is 0 Å². The van der Waals surface area contributed by atoms with E-state index in [2.05, 4.69) is 20.6 Å². The van der Waals surface area contributed by atoms with Gasteiger partial charge in [-0.05, 0) is 26.7 Å². The molecule has 2 N–H and O–H groups in total. The van der Waals surface area contributed by atoms with E-state index in [1.165, 1.54) is 0 Å². The molecule has 1 aromatic heterocycles. The van der Waals surface area contributed by atoms with Gasteiger partial charge in [0.15, 0.2) is 0 Å². The van der Waals surface area contributed by atoms with Gasteiger partial charge in [0, 0.05) is 44.4 Å². The first-order valence-corrected chi connectivity index (χ1v) is 7.30. The van der Waals surface area contributed by atoms with Crippen LogP contribution in [-0.2, 0) is 4.79 Å². The van der Waals surface area contributed by atoms with Crippen LogP contribution < -0.4 is 10.6 Å². The van der Waals surface area contributed by atoms with Crippen LogP contribution in [0.3, 0.4) is 0 Å². The SMILES string of the molecule is CCNc1nc(C)cc(NCCCN2CCCC2=O)n1. The van der Waals surface area contributed by atoms with Crippen molar-refractivity contribution in [2.24, 2.45) is 0 Å². The number of likely N-dealkylation sites (tertiary alicyclic amines) is 1. The number of carbonyl (C=O) groups excluding carboxylic acids is 1. The van der Waals surface area contributed by atoms with Gasteiger partial charge in [0.2, 0.25) is 11.9 Å². The fourth-order valence-corrected chi connectivity index (χ4v) is 2.32. The average molecular weight is 277 g/mol. The third-order valence-electron chi connectivity index (χ3n) is 3.27. The minimum Gasteiger partial charge on any atom is -0.370 e. The van der Waals surface area contributed by atoms with Crippen molar-refractivity contribution in [3.05, 3.63) is 11.8 Å². The van der Waals surface area contributed by atoms with Crippen LogP contribution in [0.1, 0.15) is 31.9 Å². The molecule has 0 aliphatic carbocycles. The molecule has 1 aliphatic heterocycles. The fourth-order valence-electron chi connectivity index (χ4n) is 2.32. The van der Waals surface area contributed by atoms with Crippen LogP contribution in [0, 0.1) is 6.92 Å². The lowest BCUT2D eigenvalue weighted by Crippen LogP contribution is -2.27. The second-order valence-electron chi connectivity index (χ2n) is 5.01. The molecular weight excluding hydrogens is 254 g/mol. The van der Waals surface area contributed by atoms with Crippen molar-refractivity contribution in [3.63, 3.8) is 0 Å². The van der Waals surface area contributed by atoms with Gasteiger partial charge in [0.1, 0.15) is 5.82 Å². The van der Waals surface area contributed by atoms with E-state index >= 15 is 0 Å². The molecule has 6 heteroatoms. The molecule has 0 saturated carbocycles. The maximum Gasteiger partial charge on any atom is 0.224 e. The molecule has 1 saturated heterocycles. The smallest absolute Gasteiger partial charge is 0.224 e. The van der Waals surface area contributed by atoms with E-state index in [-0.39, 0.29) is 5.91 Å². The van der Waals surface area contributed by atoms with Crippen LogP contribution in [0.15, 0.2) is 6.07 Å². The van der Waals surface area contributed by atoms with E-state index in [9.17, 15) is 4.79 Å². The van der Waals surface area contributed by atoms with E-state index in [0.29, 0.717) is 12.4 Å². The van der Waals surface area contributed by atoms with Gasteiger partial charge < -0.3 is 15.5 Å². The van der Waals surface area contributed by atoms with E-state index < -0.39 is 0 Å². The molecule has 1 aliphatic rings. The molecule has 0 bridgehead atoms. The Hall–Kier alpha value is -1.85. The van der Waals surface area contributed by atoms with Crippen LogP contribution >= 0.6 is 0 Å². The molecule has 110 valence electrons. The first-order valence-electron chi connectivity index (χ1n) is 7.30. The Morgan fingerprint density at radius 1 is 1.35 bits per heavy atom. The Labute approximate surface area is 120 Å². The number of nitrogens with one attached hydrogen (secondary N) is 2. The molecule has 0 radical (unpaired) electrons. The summed E-state index contributed by atoms with van der Waals surface area (Å²) in [4.78, 5) is 22.1. The summed E-state index contributed by atoms with van der Waals surface area (Å²) < 4.78 is 0. The first kappa shape index (κ1) is 14.6. The average Bonchev–Trinajstić information content (AvgIpc) is 2.80. The van der Waals surface area contributed by atoms with Gasteiger partial charge in [0.05, 0.1) is 0 Å². The molecule has 1 amide bonds. The zero-order valence-electron chi connectivity index (χ0n) is 12.3. The Balaban J connectivity index is 1.77. The van der Waals surface area contributed by atoms with Crippen molar-refractivity contribution < 1.29 is 4.79 Å². The normalized spacial score (nSPS) is 14.7. The summed E-state index contributed by atoms with van der Waals surface area (Å²) in [6.45, 7) is 7.33. The topological polar surface area (TPSA) is 70.2 Å². The Kier molecular flexibility index (Phi) is 5.15. The molecular formula is C14H23N5O. The van der Waals surface area contributed by atoms with Crippen molar-refractivity contribution in [1.82, 2.24) is 14.9 Å². The zero-order chi connectivity index (χ0) is 14.4. The number of aromatic nitrogens is 2. The fraction of sp³-hybridized carbons (Fsp3) is 0.643. The summed E-state index contributed by atoms with van der Waals surface area (Å²) >= 11 is 0. The lowest BCUT2D eigenvalue weighted by Gasteiger charge is -2.15. The Morgan fingerprint density at radius 3 is 2.90 bits per heavy atom. The zero-order valence-corrected chi connectivity index (χ0v) is 12.3. The largest absolute Gasteiger partial charge is 0.370 e. The maximum absolute atomic E-state index is 11.5. The van der Waals surface area contributed by atoms with Crippen LogP contribution in [0.5, 0.6) is 0 Å². The van der Waals surface area contributed by atoms with E-state index in [1.807, 2.05) is 24.8 Å². The number of hydrogen-bond acceptors (Lipinski definition) is 5. The summed E-state index contributed by atoms with van der Waals surface area (Å²) in [6.07, 6.45) is 2.65. The lowest BCUT2D eigenvalue weighted by molar-refractivity contribution is -0.127. The number of amides is 1. The van der Waals surface area contributed by atoms with E-state index in [0.717, 1.165) is 50.5 Å². The molecule has 1 fully saturated rings. The van der Waals surface area contributed by atoms with E-state index in [1.54, 1.807) is 0 Å². The van der Waals surface area contributed by atoms with Crippen LogP contribution in [0.4, 0.5) is 11.8 Å². The van der Waals surface area contributed by atoms with Crippen molar-refractivity contribution in [3.8, 4) is 0 Å². The quantitative estimate of drug-likeness (QED) is 0.741. The predicted molar refractivity (Wildman–Crippen MR) is 79.9 cm³/mol. The molecule has 0 spiro atoms. The standard InChI is InChI=1S/C14H23N5O/c1-3-15-14-17-11(2)10-12(18-14)16-7-5-9-19-8-4-6-13(19)20/h10H,3-9H2,1-2H3,(H2,15,16,17,18). The summed E-state index contributed by atoms with van der Waals surface area (Å²) in [7, 11) is 0. The molecule has 2 rings (SSSR count). The number of rotatable bonds is 7. The number of anilines is 2. The van der Waals surface area contributed by atoms with Gasteiger partial charge in [-0.3, -0.25) is 4.79 Å². The Bertz CT molecular complexity index is 463. The first-order chi connectivity index (χ1) is 9.69. The highest BCUT2D eigenvalue weighted by Crippen LogP contribution is 2.11. The van der Waals surface area contributed by atoms with Crippen LogP contribution in [0.25, 0.3) is 0 Å². The van der Waals surface area contributed by atoms with Crippen LogP contribution in [0.2, 0.25) is 0 Å². The van der Waals surface area contributed by atoms with Gasteiger partial charge in [-0.1, -0.05) is 0 Å². The van der Waals surface area contributed by atoms with Gasteiger partial charge in [-0.15, -0.1) is 0 Å². The number of aryl methyl sites for hydroxylation is 1. The van der Waals surface area contributed by atoms with Gasteiger partial charge in [0.25, 0.3) is 0 Å². The van der Waals surface area contributed by atoms with Crippen molar-refractivity contribution >= 4 is 17.7 Å². The van der Waals surface area contributed by atoms with Crippen LogP contribution in [-0.4, -0.2) is 47.0 Å². The second-order valence-corrected chi connectivity index (χ2v) is 5.01. The molecule has 2 heterocycles. The van der Waals surface area contributed by atoms with Gasteiger partial charge in [-0.25, -0.2) is 4.98 Å². The summed E-state index contributed by atoms with van der Waals surface area (Å²) in [5.74, 6) is 1.78. The minimum atomic E-state index is 0.289. The third-order valence-corrected chi connectivity index (χ3v) is 3.27. The van der Waals surface area contributed by atoms with Crippen molar-refractivity contribution in [1.29, 1.82) is 0 Å². The number of nitrogens with zero attached hydrogens (tertiary/aromatic N) is 3. The third kappa shape index (κ3) is 4.08. The van der Waals surface area contributed by atoms with Gasteiger partial charge >= 0.3 is 0 Å². The van der Waals surface area contributed by atoms with Gasteiger partial charge in [-0.2, -0.15) is 4.98 Å². The Morgan fingerprint density at radius 2 is 2.20 bits per heavy atom. The lowest BCUT2D eigenvalue weighted by atomic mass is 10.3. The summed E-state index contributed by atoms with van der Waals surface area (Å²) in [5.41, 5.74) is 0.938. The molecule has 1 aromatic rings. The molecule has 0 unspecified atom stereocenters. The van der Waals surface area contributed by atoms with Crippen molar-refractivity contribution in [2.75, 3.05) is 36.8 Å². The predicted octanol–water partition coefficient (Wildman–Crippen LogP) is 1.64. The monoisotopic (exact) mass is 277 g/mol. The molecule has 6 nitrogen and oxygen atoms in total. The second kappa shape index (κ2) is 7.07. The number of carbonyl (C=O) groups is 1. The summed E-state index contributed by atoms with van der Waals surface area (Å²) in [6, 6.07) is 1.93. The number of hydrogen-bond donors (Lipinski definition) is 2. The maximum atomic E-state index is 11.5. The molecule has 20 heavy (non-hydrogen) atoms. The molecule has 0 aromatic carbocycles. The molecule has 0 atom stereocenters. The highest BCUT2D eigenvalue weighted by molar-refractivity contribution is 5.77. The van der Waals surface area contributed by atoms with Crippen molar-refractivity contribution in [2.45, 2.75) is 33.1 Å². The highest BCUT2D eigenvalue weighted by Gasteiger charge is 2.18. The minimum absolute atomic E-state index is 0.289. The summed E-state index contributed by atoms with van der Waals surface area (Å²) in [5, 5.41) is 6.41. The highest BCUT2D eigenvalue weighted by atomic mass is 16.2.